The van der Waals surface area contributed by atoms with Crippen molar-refractivity contribution in [3.05, 3.63) is 35.9 Å². The molecule has 152 valence electrons. The fourth-order valence-electron chi connectivity index (χ4n) is 3.89. The first-order valence-corrected chi connectivity index (χ1v) is 10.4. The number of nitrogens with zero attached hydrogens (tertiary/aromatic N) is 4. The monoisotopic (exact) mass is 387 g/mol. The first-order valence-electron chi connectivity index (χ1n) is 10.4. The lowest BCUT2D eigenvalue weighted by Gasteiger charge is -2.27. The molecule has 8 nitrogen and oxygen atoms in total. The van der Waals surface area contributed by atoms with Crippen molar-refractivity contribution in [3.63, 3.8) is 0 Å². The summed E-state index contributed by atoms with van der Waals surface area (Å²) in [6, 6.07) is 3.83. The molecule has 0 aromatic carbocycles. The van der Waals surface area contributed by atoms with Gasteiger partial charge < -0.3 is 19.2 Å². The second kappa shape index (κ2) is 8.77. The third kappa shape index (κ3) is 4.22. The zero-order valence-electron chi connectivity index (χ0n) is 16.5. The number of amides is 2. The molecule has 2 aliphatic rings. The van der Waals surface area contributed by atoms with Gasteiger partial charge >= 0.3 is 6.03 Å². The molecule has 28 heavy (non-hydrogen) atoms. The van der Waals surface area contributed by atoms with Gasteiger partial charge in [-0.05, 0) is 57.8 Å². The van der Waals surface area contributed by atoms with Crippen LogP contribution in [0.25, 0.3) is 0 Å². The molecule has 2 amide bonds. The predicted octanol–water partition coefficient (Wildman–Crippen LogP) is 3.30. The van der Waals surface area contributed by atoms with Crippen LogP contribution in [0.15, 0.2) is 27.3 Å². The molecule has 2 aromatic rings. The Morgan fingerprint density at radius 2 is 2.18 bits per heavy atom. The van der Waals surface area contributed by atoms with E-state index < -0.39 is 0 Å². The third-order valence-corrected chi connectivity index (χ3v) is 5.84. The van der Waals surface area contributed by atoms with Gasteiger partial charge in [0.2, 0.25) is 5.89 Å². The molecule has 0 bridgehead atoms. The first-order chi connectivity index (χ1) is 13.7. The van der Waals surface area contributed by atoms with Gasteiger partial charge in [0.1, 0.15) is 5.76 Å². The van der Waals surface area contributed by atoms with Gasteiger partial charge in [-0.1, -0.05) is 11.6 Å². The summed E-state index contributed by atoms with van der Waals surface area (Å²) in [4.78, 5) is 21.3. The second-order valence-corrected chi connectivity index (χ2v) is 7.65. The Balaban J connectivity index is 1.34. The van der Waals surface area contributed by atoms with Crippen LogP contribution in [0.2, 0.25) is 0 Å². The zero-order chi connectivity index (χ0) is 19.3. The van der Waals surface area contributed by atoms with Crippen molar-refractivity contribution in [2.24, 2.45) is 0 Å². The molecule has 8 heteroatoms. The summed E-state index contributed by atoms with van der Waals surface area (Å²) >= 11 is 0. The minimum atomic E-state index is -0.117. The Morgan fingerprint density at radius 1 is 1.36 bits per heavy atom. The van der Waals surface area contributed by atoms with Crippen LogP contribution in [0.5, 0.6) is 0 Å². The van der Waals surface area contributed by atoms with E-state index in [1.807, 2.05) is 19.1 Å². The van der Waals surface area contributed by atoms with Crippen LogP contribution in [0, 0.1) is 0 Å². The minimum absolute atomic E-state index is 0.0653. The molecule has 0 spiro atoms. The summed E-state index contributed by atoms with van der Waals surface area (Å²) in [6.07, 6.45) is 7.52. The largest absolute Gasteiger partial charge is 0.468 e. The van der Waals surface area contributed by atoms with E-state index in [0.29, 0.717) is 37.3 Å². The van der Waals surface area contributed by atoms with Gasteiger partial charge in [0.25, 0.3) is 0 Å². The first kappa shape index (κ1) is 19.0. The van der Waals surface area contributed by atoms with E-state index in [2.05, 4.69) is 20.4 Å². The highest BCUT2D eigenvalue weighted by atomic mass is 16.5. The third-order valence-electron chi connectivity index (χ3n) is 5.84. The number of aromatic nitrogens is 2. The van der Waals surface area contributed by atoms with E-state index in [9.17, 15) is 4.79 Å². The van der Waals surface area contributed by atoms with Crippen molar-refractivity contribution >= 4 is 6.03 Å². The van der Waals surface area contributed by atoms with Crippen molar-refractivity contribution in [1.29, 1.82) is 0 Å². The average Bonchev–Trinajstić information content (AvgIpc) is 3.41. The molecule has 2 fully saturated rings. The smallest absolute Gasteiger partial charge is 0.317 e. The minimum Gasteiger partial charge on any atom is -0.468 e. The summed E-state index contributed by atoms with van der Waals surface area (Å²) < 4.78 is 11.0. The normalized spacial score (nSPS) is 18.8. The van der Waals surface area contributed by atoms with Gasteiger partial charge in [0.05, 0.1) is 18.8 Å². The van der Waals surface area contributed by atoms with Gasteiger partial charge in [-0.2, -0.15) is 4.98 Å². The van der Waals surface area contributed by atoms with Gasteiger partial charge in [0.15, 0.2) is 5.82 Å². The lowest BCUT2D eigenvalue weighted by molar-refractivity contribution is 0.180. The number of hydrogen-bond donors (Lipinski definition) is 1. The molecule has 0 radical (unpaired) electrons. The highest BCUT2D eigenvalue weighted by Crippen LogP contribution is 2.35. The number of carbonyl (C=O) groups excluding carboxylic acids is 1. The van der Waals surface area contributed by atoms with Crippen LogP contribution >= 0.6 is 0 Å². The lowest BCUT2D eigenvalue weighted by Crippen LogP contribution is -2.43. The molecule has 4 rings (SSSR count). The molecular formula is C20H29N5O3. The Hall–Kier alpha value is -2.35. The Morgan fingerprint density at radius 3 is 2.82 bits per heavy atom. The molecule has 1 N–H and O–H groups in total. The van der Waals surface area contributed by atoms with Crippen molar-refractivity contribution in [2.75, 3.05) is 26.2 Å². The number of likely N-dealkylation sites (tertiary alicyclic amines) is 1. The van der Waals surface area contributed by atoms with Crippen molar-refractivity contribution in [2.45, 2.75) is 57.5 Å². The summed E-state index contributed by atoms with van der Waals surface area (Å²) in [5.41, 5.74) is 0. The zero-order valence-corrected chi connectivity index (χ0v) is 16.5. The van der Waals surface area contributed by atoms with Crippen LogP contribution in [0.4, 0.5) is 4.79 Å². The van der Waals surface area contributed by atoms with Crippen LogP contribution in [-0.4, -0.2) is 52.2 Å². The maximum atomic E-state index is 12.8. The molecule has 3 heterocycles. The maximum absolute atomic E-state index is 12.8. The number of furan rings is 1. The highest BCUT2D eigenvalue weighted by molar-refractivity contribution is 5.74. The predicted molar refractivity (Wildman–Crippen MR) is 103 cm³/mol. The van der Waals surface area contributed by atoms with E-state index in [0.717, 1.165) is 31.7 Å². The molecule has 1 saturated heterocycles. The highest BCUT2D eigenvalue weighted by Gasteiger charge is 2.28. The van der Waals surface area contributed by atoms with Crippen molar-refractivity contribution in [1.82, 2.24) is 25.3 Å². The van der Waals surface area contributed by atoms with Crippen LogP contribution in [-0.2, 0) is 6.54 Å². The molecule has 1 saturated carbocycles. The number of carbonyl (C=O) groups is 1. The second-order valence-electron chi connectivity index (χ2n) is 7.65. The summed E-state index contributed by atoms with van der Waals surface area (Å²) in [5.74, 6) is 2.58. The summed E-state index contributed by atoms with van der Waals surface area (Å²) in [5, 5.41) is 7.13. The Labute approximate surface area is 165 Å². The summed E-state index contributed by atoms with van der Waals surface area (Å²) in [6.45, 7) is 5.47. The van der Waals surface area contributed by atoms with Crippen molar-refractivity contribution < 1.29 is 13.7 Å². The fraction of sp³-hybridized carbons (Fsp3) is 0.650. The van der Waals surface area contributed by atoms with Gasteiger partial charge in [-0.15, -0.1) is 0 Å². The fourth-order valence-corrected chi connectivity index (χ4v) is 3.89. The van der Waals surface area contributed by atoms with Crippen LogP contribution in [0.3, 0.4) is 0 Å². The van der Waals surface area contributed by atoms with E-state index in [-0.39, 0.29) is 12.1 Å². The van der Waals surface area contributed by atoms with Crippen LogP contribution < -0.4 is 5.32 Å². The average molecular weight is 387 g/mol. The van der Waals surface area contributed by atoms with Crippen molar-refractivity contribution in [3.8, 4) is 0 Å². The molecular weight excluding hydrogens is 358 g/mol. The van der Waals surface area contributed by atoms with Crippen LogP contribution in [0.1, 0.15) is 68.5 Å². The quantitative estimate of drug-likeness (QED) is 0.748. The number of hydrogen-bond acceptors (Lipinski definition) is 6. The number of urea groups is 1. The lowest BCUT2D eigenvalue weighted by atomic mass is 9.85. The topological polar surface area (TPSA) is 87.6 Å². The van der Waals surface area contributed by atoms with Gasteiger partial charge in [-0.25, -0.2) is 4.79 Å². The van der Waals surface area contributed by atoms with Gasteiger partial charge in [-0.3, -0.25) is 4.90 Å². The molecule has 1 aliphatic heterocycles. The number of nitrogens with one attached hydrogen (secondary N) is 1. The molecule has 1 aliphatic carbocycles. The molecule has 1 atom stereocenters. The van der Waals surface area contributed by atoms with E-state index in [1.54, 1.807) is 11.2 Å². The SMILES string of the molecule is CCN(Cc1noc(C2CCC2)n1)C(=O)NC[C@H](c1ccco1)N1CCCC1. The summed E-state index contributed by atoms with van der Waals surface area (Å²) in [7, 11) is 0. The van der Waals surface area contributed by atoms with E-state index in [4.69, 9.17) is 8.94 Å². The maximum Gasteiger partial charge on any atom is 0.317 e. The standard InChI is InChI=1S/C20H29N5O3/c1-2-24(14-18-22-19(28-23-18)15-7-5-8-15)20(26)21-13-16(17-9-6-12-27-17)25-10-3-4-11-25/h6,9,12,15-16H,2-5,7-8,10-11,13-14H2,1H3,(H,21,26)/t16-/m1/s1. The van der Waals surface area contributed by atoms with Gasteiger partial charge in [0, 0.05) is 19.0 Å². The van der Waals surface area contributed by atoms with E-state index >= 15 is 0 Å². The Bertz CT molecular complexity index is 750. The number of rotatable bonds is 8. The van der Waals surface area contributed by atoms with E-state index in [1.165, 1.54) is 19.3 Å². The Kier molecular flexibility index (Phi) is 5.95. The molecule has 0 unspecified atom stereocenters. The molecule has 2 aromatic heterocycles.